The van der Waals surface area contributed by atoms with E-state index >= 15 is 0 Å². The maximum absolute atomic E-state index is 12.0. The highest BCUT2D eigenvalue weighted by Gasteiger charge is 2.07. The van der Waals surface area contributed by atoms with Crippen molar-refractivity contribution in [2.24, 2.45) is 0 Å². The van der Waals surface area contributed by atoms with Crippen LogP contribution in [-0.2, 0) is 17.8 Å². The Kier molecular flexibility index (Phi) is 5.39. The average Bonchev–Trinajstić information content (AvgIpc) is 3.08. The number of carbonyl (C=O) groups is 1. The van der Waals surface area contributed by atoms with Gasteiger partial charge < -0.3 is 5.32 Å². The SMILES string of the molecule is Cc1cccc(-c2nc(CCC(=O)NCc3ccccc3)cs2)c1. The number of aromatic nitrogens is 1. The summed E-state index contributed by atoms with van der Waals surface area (Å²) in [5.41, 5.74) is 4.46. The Morgan fingerprint density at radius 3 is 2.75 bits per heavy atom. The van der Waals surface area contributed by atoms with Crippen LogP contribution < -0.4 is 5.32 Å². The smallest absolute Gasteiger partial charge is 0.220 e. The minimum Gasteiger partial charge on any atom is -0.352 e. The fourth-order valence-corrected chi connectivity index (χ4v) is 3.31. The Balaban J connectivity index is 1.51. The van der Waals surface area contributed by atoms with Crippen molar-refractivity contribution in [3.63, 3.8) is 0 Å². The highest BCUT2D eigenvalue weighted by Crippen LogP contribution is 2.24. The molecule has 1 heterocycles. The number of hydrogen-bond donors (Lipinski definition) is 1. The van der Waals surface area contributed by atoms with Gasteiger partial charge in [-0.15, -0.1) is 11.3 Å². The Morgan fingerprint density at radius 1 is 1.12 bits per heavy atom. The first-order valence-corrected chi connectivity index (χ1v) is 8.91. The topological polar surface area (TPSA) is 42.0 Å². The van der Waals surface area contributed by atoms with Crippen molar-refractivity contribution in [1.29, 1.82) is 0 Å². The van der Waals surface area contributed by atoms with E-state index in [0.717, 1.165) is 21.8 Å². The van der Waals surface area contributed by atoms with E-state index < -0.39 is 0 Å². The second-order valence-electron chi connectivity index (χ2n) is 5.78. The van der Waals surface area contributed by atoms with Crippen LogP contribution in [0, 0.1) is 6.92 Å². The fraction of sp³-hybridized carbons (Fsp3) is 0.200. The molecule has 3 aromatic rings. The van der Waals surface area contributed by atoms with Gasteiger partial charge in [-0.25, -0.2) is 4.98 Å². The van der Waals surface area contributed by atoms with Crippen molar-refractivity contribution in [3.8, 4) is 10.6 Å². The summed E-state index contributed by atoms with van der Waals surface area (Å²) in [6.45, 7) is 2.65. The quantitative estimate of drug-likeness (QED) is 0.726. The van der Waals surface area contributed by atoms with E-state index in [4.69, 9.17) is 0 Å². The highest BCUT2D eigenvalue weighted by atomic mass is 32.1. The molecule has 1 N–H and O–H groups in total. The van der Waals surface area contributed by atoms with Crippen LogP contribution in [0.4, 0.5) is 0 Å². The lowest BCUT2D eigenvalue weighted by atomic mass is 10.1. The summed E-state index contributed by atoms with van der Waals surface area (Å²) in [7, 11) is 0. The lowest BCUT2D eigenvalue weighted by Gasteiger charge is -2.04. The van der Waals surface area contributed by atoms with E-state index in [0.29, 0.717) is 19.4 Å². The van der Waals surface area contributed by atoms with Crippen molar-refractivity contribution in [3.05, 3.63) is 76.8 Å². The van der Waals surface area contributed by atoms with E-state index in [1.54, 1.807) is 11.3 Å². The summed E-state index contributed by atoms with van der Waals surface area (Å²) in [4.78, 5) is 16.6. The van der Waals surface area contributed by atoms with Gasteiger partial charge in [-0.3, -0.25) is 4.79 Å². The molecule has 4 heteroatoms. The summed E-state index contributed by atoms with van der Waals surface area (Å²) in [6, 6.07) is 18.3. The molecule has 0 fully saturated rings. The van der Waals surface area contributed by atoms with Gasteiger partial charge >= 0.3 is 0 Å². The molecule has 0 saturated carbocycles. The minimum absolute atomic E-state index is 0.0592. The van der Waals surface area contributed by atoms with E-state index in [-0.39, 0.29) is 5.91 Å². The first-order valence-electron chi connectivity index (χ1n) is 8.03. The molecule has 0 atom stereocenters. The summed E-state index contributed by atoms with van der Waals surface area (Å²) in [6.07, 6.45) is 1.13. The third kappa shape index (κ3) is 4.52. The lowest BCUT2D eigenvalue weighted by Crippen LogP contribution is -2.22. The van der Waals surface area contributed by atoms with Gasteiger partial charge in [-0.2, -0.15) is 0 Å². The molecule has 0 spiro atoms. The molecule has 0 bridgehead atoms. The number of nitrogens with zero attached hydrogens (tertiary/aromatic N) is 1. The van der Waals surface area contributed by atoms with Gasteiger partial charge in [0.1, 0.15) is 5.01 Å². The molecular formula is C20H20N2OS. The molecular weight excluding hydrogens is 316 g/mol. The third-order valence-corrected chi connectivity index (χ3v) is 4.70. The maximum Gasteiger partial charge on any atom is 0.220 e. The van der Waals surface area contributed by atoms with Crippen molar-refractivity contribution in [1.82, 2.24) is 10.3 Å². The van der Waals surface area contributed by atoms with Crippen molar-refractivity contribution < 1.29 is 4.79 Å². The number of carbonyl (C=O) groups excluding carboxylic acids is 1. The highest BCUT2D eigenvalue weighted by molar-refractivity contribution is 7.13. The van der Waals surface area contributed by atoms with E-state index in [2.05, 4.69) is 35.4 Å². The third-order valence-electron chi connectivity index (χ3n) is 3.76. The second kappa shape index (κ2) is 7.88. The Labute approximate surface area is 146 Å². The fourth-order valence-electron chi connectivity index (χ4n) is 2.46. The second-order valence-corrected chi connectivity index (χ2v) is 6.63. The molecule has 2 aromatic carbocycles. The zero-order valence-electron chi connectivity index (χ0n) is 13.7. The Bertz CT molecular complexity index is 811. The van der Waals surface area contributed by atoms with E-state index in [1.165, 1.54) is 5.56 Å². The molecule has 3 rings (SSSR count). The van der Waals surface area contributed by atoms with Gasteiger partial charge in [0.2, 0.25) is 5.91 Å². The molecule has 0 radical (unpaired) electrons. The number of rotatable bonds is 6. The lowest BCUT2D eigenvalue weighted by molar-refractivity contribution is -0.121. The predicted molar refractivity (Wildman–Crippen MR) is 98.9 cm³/mol. The number of amides is 1. The Morgan fingerprint density at radius 2 is 1.96 bits per heavy atom. The molecule has 1 aromatic heterocycles. The molecule has 3 nitrogen and oxygen atoms in total. The Hall–Kier alpha value is -2.46. The van der Waals surface area contributed by atoms with Crippen LogP contribution in [0.25, 0.3) is 10.6 Å². The normalized spacial score (nSPS) is 10.5. The van der Waals surface area contributed by atoms with Gasteiger partial charge in [-0.1, -0.05) is 54.1 Å². The largest absolute Gasteiger partial charge is 0.352 e. The van der Waals surface area contributed by atoms with E-state index in [9.17, 15) is 4.79 Å². The average molecular weight is 336 g/mol. The summed E-state index contributed by atoms with van der Waals surface area (Å²) < 4.78 is 0. The van der Waals surface area contributed by atoms with Crippen LogP contribution in [-0.4, -0.2) is 10.9 Å². The summed E-state index contributed by atoms with van der Waals surface area (Å²) in [5.74, 6) is 0.0592. The predicted octanol–water partition coefficient (Wildman–Crippen LogP) is 4.37. The van der Waals surface area contributed by atoms with E-state index in [1.807, 2.05) is 41.8 Å². The van der Waals surface area contributed by atoms with Crippen LogP contribution in [0.15, 0.2) is 60.0 Å². The van der Waals surface area contributed by atoms with Gasteiger partial charge in [-0.05, 0) is 25.0 Å². The van der Waals surface area contributed by atoms with Crippen LogP contribution >= 0.6 is 11.3 Å². The zero-order valence-corrected chi connectivity index (χ0v) is 14.5. The first kappa shape index (κ1) is 16.4. The van der Waals surface area contributed by atoms with Gasteiger partial charge in [0.15, 0.2) is 0 Å². The number of aryl methyl sites for hydroxylation is 2. The van der Waals surface area contributed by atoms with Gasteiger partial charge in [0.05, 0.1) is 5.69 Å². The molecule has 1 amide bonds. The van der Waals surface area contributed by atoms with Gasteiger partial charge in [0.25, 0.3) is 0 Å². The number of hydrogen-bond acceptors (Lipinski definition) is 3. The molecule has 0 saturated heterocycles. The number of thiazole rings is 1. The van der Waals surface area contributed by atoms with Crippen LogP contribution in [0.1, 0.15) is 23.2 Å². The standard InChI is InChI=1S/C20H20N2OS/c1-15-6-5-9-17(12-15)20-22-18(14-24-20)10-11-19(23)21-13-16-7-3-2-4-8-16/h2-9,12,14H,10-11,13H2,1H3,(H,21,23). The molecule has 0 unspecified atom stereocenters. The van der Waals surface area contributed by atoms with Crippen LogP contribution in [0.3, 0.4) is 0 Å². The molecule has 0 aliphatic rings. The zero-order chi connectivity index (χ0) is 16.8. The maximum atomic E-state index is 12.0. The van der Waals surface area contributed by atoms with Crippen molar-refractivity contribution in [2.75, 3.05) is 0 Å². The monoisotopic (exact) mass is 336 g/mol. The van der Waals surface area contributed by atoms with Crippen LogP contribution in [0.5, 0.6) is 0 Å². The molecule has 122 valence electrons. The summed E-state index contributed by atoms with van der Waals surface area (Å²) in [5, 5.41) is 6.01. The van der Waals surface area contributed by atoms with Crippen molar-refractivity contribution in [2.45, 2.75) is 26.3 Å². The molecule has 0 aliphatic carbocycles. The molecule has 0 aliphatic heterocycles. The van der Waals surface area contributed by atoms with Crippen molar-refractivity contribution >= 4 is 17.2 Å². The minimum atomic E-state index is 0.0592. The van der Waals surface area contributed by atoms with Crippen LogP contribution in [0.2, 0.25) is 0 Å². The number of nitrogens with one attached hydrogen (secondary N) is 1. The first-order chi connectivity index (χ1) is 11.7. The van der Waals surface area contributed by atoms with Gasteiger partial charge in [0, 0.05) is 23.9 Å². The molecule has 24 heavy (non-hydrogen) atoms. The summed E-state index contributed by atoms with van der Waals surface area (Å²) >= 11 is 1.63. The number of benzene rings is 2.